The molecule has 1 aromatic heterocycles. The molecule has 4 nitrogen and oxygen atoms in total. The second kappa shape index (κ2) is 10.5. The van der Waals surface area contributed by atoms with E-state index < -0.39 is 14.4 Å². The number of rotatable bonds is 6. The highest BCUT2D eigenvalue weighted by molar-refractivity contribution is 14.1. The highest BCUT2D eigenvalue weighted by Crippen LogP contribution is 2.50. The molecular weight excluding hydrogens is 589 g/mol. The van der Waals surface area contributed by atoms with Gasteiger partial charge in [0.15, 0.2) is 8.32 Å². The zero-order chi connectivity index (χ0) is 28.1. The number of aliphatic hydroxyl groups excluding tert-OH is 1. The fourth-order valence-electron chi connectivity index (χ4n) is 4.81. The van der Waals surface area contributed by atoms with Gasteiger partial charge in [0.25, 0.3) is 0 Å². The quantitative estimate of drug-likeness (QED) is 0.254. The molecule has 0 fully saturated rings. The predicted octanol–water partition coefficient (Wildman–Crippen LogP) is 9.10. The van der Waals surface area contributed by atoms with E-state index in [0.29, 0.717) is 0 Å². The number of aromatic nitrogens is 1. The summed E-state index contributed by atoms with van der Waals surface area (Å²) in [6, 6.07) is 7.84. The molecule has 1 aliphatic rings. The molecule has 0 bridgehead atoms. The van der Waals surface area contributed by atoms with E-state index in [1.165, 1.54) is 5.56 Å². The number of fused-ring (bicyclic) bond motifs is 1. The van der Waals surface area contributed by atoms with Crippen molar-refractivity contribution < 1.29 is 14.3 Å². The van der Waals surface area contributed by atoms with Crippen LogP contribution in [-0.2, 0) is 10.8 Å². The molecule has 0 spiro atoms. The Morgan fingerprint density at radius 2 is 1.62 bits per heavy atom. The summed E-state index contributed by atoms with van der Waals surface area (Å²) >= 11 is 2.46. The molecule has 6 heteroatoms. The number of hydrogen-bond acceptors (Lipinski definition) is 4. The van der Waals surface area contributed by atoms with Crippen LogP contribution in [0.25, 0.3) is 0 Å². The maximum atomic E-state index is 11.8. The Morgan fingerprint density at radius 1 is 1.05 bits per heavy atom. The smallest absolute Gasteiger partial charge is 0.192 e. The molecule has 37 heavy (non-hydrogen) atoms. The third-order valence-electron chi connectivity index (χ3n) is 7.70. The van der Waals surface area contributed by atoms with Crippen molar-refractivity contribution >= 4 is 30.9 Å². The summed E-state index contributed by atoms with van der Waals surface area (Å²) in [7, 11) is -2.02. The number of hydrogen-bond donors (Lipinski definition) is 1. The molecule has 1 N–H and O–H groups in total. The Kier molecular flexibility index (Phi) is 8.72. The third-order valence-corrected chi connectivity index (χ3v) is 13.4. The number of ether oxygens (including phenoxy) is 1. The number of halogens is 1. The molecule has 2 atom stereocenters. The average molecular weight is 638 g/mol. The van der Waals surface area contributed by atoms with Crippen LogP contribution in [-0.4, -0.2) is 24.0 Å². The zero-order valence-electron chi connectivity index (χ0n) is 25.0. The van der Waals surface area contributed by atoms with Crippen molar-refractivity contribution in [1.29, 1.82) is 0 Å². The number of pyridine rings is 1. The fourth-order valence-corrected chi connectivity index (χ4v) is 7.31. The average Bonchev–Trinajstić information content (AvgIpc) is 2.70. The van der Waals surface area contributed by atoms with Gasteiger partial charge in [0, 0.05) is 20.4 Å². The Labute approximate surface area is 240 Å². The minimum atomic E-state index is -2.02. The van der Waals surface area contributed by atoms with Crippen molar-refractivity contribution in [2.75, 3.05) is 0 Å². The van der Waals surface area contributed by atoms with E-state index in [2.05, 4.69) is 84.2 Å². The van der Waals surface area contributed by atoms with Gasteiger partial charge in [0.05, 0.1) is 11.8 Å². The van der Waals surface area contributed by atoms with Gasteiger partial charge in [0.1, 0.15) is 17.5 Å². The lowest BCUT2D eigenvalue weighted by Gasteiger charge is -2.44. The second-order valence-electron chi connectivity index (χ2n) is 14.3. The van der Waals surface area contributed by atoms with E-state index in [4.69, 9.17) is 14.1 Å². The molecule has 1 unspecified atom stereocenters. The predicted molar refractivity (Wildman–Crippen MR) is 165 cm³/mol. The van der Waals surface area contributed by atoms with Crippen molar-refractivity contribution in [2.45, 2.75) is 124 Å². The van der Waals surface area contributed by atoms with Gasteiger partial charge in [-0.05, 0) is 103 Å². The molecule has 0 aliphatic heterocycles. The van der Waals surface area contributed by atoms with Crippen molar-refractivity contribution in [3.63, 3.8) is 0 Å². The van der Waals surface area contributed by atoms with Crippen LogP contribution in [0.15, 0.2) is 24.3 Å². The van der Waals surface area contributed by atoms with E-state index in [0.717, 1.165) is 44.7 Å². The zero-order valence-corrected chi connectivity index (χ0v) is 28.2. The first kappa shape index (κ1) is 30.6. The van der Waals surface area contributed by atoms with E-state index >= 15 is 0 Å². The monoisotopic (exact) mass is 637 g/mol. The Hall–Kier alpha value is -0.963. The standard InChI is InChI=1S/C31H48INO3Si/c1-19(2)27-25(28(34)20-13-15-21(16-14-20)35-29(3,4)5)26(32)24-22(33-27)17-31(9,10)18-23(24)36-37(11,12)30(6,7)8/h13-16,19,23,28,34H,17-18H2,1-12H3/t23?,28-/m0/s1. The lowest BCUT2D eigenvalue weighted by atomic mass is 9.74. The molecule has 0 saturated carbocycles. The summed E-state index contributed by atoms with van der Waals surface area (Å²) in [6.07, 6.45) is 1.09. The Morgan fingerprint density at radius 3 is 2.11 bits per heavy atom. The molecule has 206 valence electrons. The van der Waals surface area contributed by atoms with E-state index in [9.17, 15) is 5.11 Å². The maximum absolute atomic E-state index is 11.8. The minimum absolute atomic E-state index is 0.0197. The summed E-state index contributed by atoms with van der Waals surface area (Å²) in [4.78, 5) is 5.27. The Bertz CT molecular complexity index is 1110. The minimum Gasteiger partial charge on any atom is -0.488 e. The van der Waals surface area contributed by atoms with Crippen LogP contribution in [0.2, 0.25) is 18.1 Å². The van der Waals surface area contributed by atoms with Gasteiger partial charge < -0.3 is 14.3 Å². The van der Waals surface area contributed by atoms with Crippen molar-refractivity contribution in [3.8, 4) is 5.75 Å². The van der Waals surface area contributed by atoms with Crippen molar-refractivity contribution in [1.82, 2.24) is 4.98 Å². The largest absolute Gasteiger partial charge is 0.488 e. The summed E-state index contributed by atoms with van der Waals surface area (Å²) < 4.78 is 14.2. The van der Waals surface area contributed by atoms with Gasteiger partial charge >= 0.3 is 0 Å². The van der Waals surface area contributed by atoms with Crippen molar-refractivity contribution in [3.05, 3.63) is 55.9 Å². The number of nitrogens with zero attached hydrogens (tertiary/aromatic N) is 1. The van der Waals surface area contributed by atoms with Crippen LogP contribution >= 0.6 is 22.6 Å². The van der Waals surface area contributed by atoms with Crippen LogP contribution in [0, 0.1) is 8.99 Å². The molecule has 1 aromatic carbocycles. The van der Waals surface area contributed by atoms with Crippen molar-refractivity contribution in [2.24, 2.45) is 5.41 Å². The molecule has 0 amide bonds. The summed E-state index contributed by atoms with van der Waals surface area (Å²) in [5, 5.41) is 11.9. The molecule has 2 aromatic rings. The van der Waals surface area contributed by atoms with Crippen LogP contribution < -0.4 is 4.74 Å². The van der Waals surface area contributed by atoms with E-state index in [1.807, 2.05) is 45.0 Å². The molecule has 3 rings (SSSR count). The van der Waals surface area contributed by atoms with Crippen LogP contribution in [0.4, 0.5) is 0 Å². The molecular formula is C31H48INO3Si. The first-order valence-corrected chi connectivity index (χ1v) is 17.6. The van der Waals surface area contributed by atoms with Crippen LogP contribution in [0.5, 0.6) is 5.75 Å². The third kappa shape index (κ3) is 6.98. The maximum Gasteiger partial charge on any atom is 0.192 e. The van der Waals surface area contributed by atoms with Gasteiger partial charge in [-0.1, -0.05) is 60.6 Å². The van der Waals surface area contributed by atoms with Gasteiger partial charge in [-0.3, -0.25) is 4.98 Å². The molecule has 1 heterocycles. The normalized spacial score (nSPS) is 19.1. The molecule has 1 aliphatic carbocycles. The highest BCUT2D eigenvalue weighted by atomic mass is 127. The molecule has 0 radical (unpaired) electrons. The lowest BCUT2D eigenvalue weighted by Crippen LogP contribution is -2.44. The van der Waals surface area contributed by atoms with E-state index in [1.54, 1.807) is 0 Å². The Balaban J connectivity index is 2.13. The van der Waals surface area contributed by atoms with Gasteiger partial charge in [-0.2, -0.15) is 0 Å². The van der Waals surface area contributed by atoms with E-state index in [-0.39, 0.29) is 28.1 Å². The first-order valence-electron chi connectivity index (χ1n) is 13.6. The highest BCUT2D eigenvalue weighted by Gasteiger charge is 2.44. The lowest BCUT2D eigenvalue weighted by molar-refractivity contribution is 0.104. The second-order valence-corrected chi connectivity index (χ2v) is 20.2. The SMILES string of the molecule is CC(C)c1nc2c(c(I)c1[C@@H](O)c1ccc(OC(C)(C)C)cc1)C(O[Si](C)(C)C(C)(C)C)CC(C)(C)C2. The summed E-state index contributed by atoms with van der Waals surface area (Å²) in [5.41, 5.74) is 4.91. The molecule has 0 saturated heterocycles. The fraction of sp³-hybridized carbons (Fsp3) is 0.645. The number of aliphatic hydroxyl groups is 1. The number of benzene rings is 1. The van der Waals surface area contributed by atoms with Crippen LogP contribution in [0.3, 0.4) is 0 Å². The first-order chi connectivity index (χ1) is 16.7. The summed E-state index contributed by atoms with van der Waals surface area (Å²) in [5.74, 6) is 0.993. The topological polar surface area (TPSA) is 51.6 Å². The van der Waals surface area contributed by atoms with Crippen LogP contribution in [0.1, 0.15) is 122 Å². The van der Waals surface area contributed by atoms with Gasteiger partial charge in [-0.25, -0.2) is 0 Å². The summed E-state index contributed by atoms with van der Waals surface area (Å²) in [6.45, 7) is 26.6. The van der Waals surface area contributed by atoms with Gasteiger partial charge in [0.2, 0.25) is 0 Å². The van der Waals surface area contributed by atoms with Gasteiger partial charge in [-0.15, -0.1) is 0 Å².